The van der Waals surface area contributed by atoms with Crippen molar-refractivity contribution in [1.29, 1.82) is 0 Å². The molecule has 9 heteroatoms. The molecule has 0 radical (unpaired) electrons. The van der Waals surface area contributed by atoms with Crippen LogP contribution in [0.15, 0.2) is 0 Å². The fraction of sp³-hybridized carbons (Fsp3) is 0.706. The first-order valence-electron chi connectivity index (χ1n) is 8.50. The minimum atomic E-state index is -4.41. The van der Waals surface area contributed by atoms with E-state index in [2.05, 4.69) is 10.4 Å². The number of nitrogens with one attached hydrogen (secondary N) is 1. The van der Waals surface area contributed by atoms with Crippen LogP contribution in [0.2, 0.25) is 0 Å². The molecule has 0 aliphatic rings. The molecule has 0 saturated carbocycles. The maximum atomic E-state index is 12.7. The summed E-state index contributed by atoms with van der Waals surface area (Å²) in [5.41, 5.74) is 0.176. The third-order valence-electron chi connectivity index (χ3n) is 4.82. The van der Waals surface area contributed by atoms with E-state index >= 15 is 0 Å². The van der Waals surface area contributed by atoms with Crippen molar-refractivity contribution in [2.45, 2.75) is 78.1 Å². The van der Waals surface area contributed by atoms with Crippen molar-refractivity contribution < 1.29 is 27.9 Å². The minimum absolute atomic E-state index is 0.218. The van der Waals surface area contributed by atoms with Crippen molar-refractivity contribution in [2.24, 2.45) is 0 Å². The molecule has 1 unspecified atom stereocenters. The predicted molar refractivity (Wildman–Crippen MR) is 89.9 cm³/mol. The molecule has 148 valence electrons. The number of amides is 1. The van der Waals surface area contributed by atoms with E-state index < -0.39 is 36.1 Å². The second kappa shape index (κ2) is 8.09. The van der Waals surface area contributed by atoms with E-state index in [4.69, 9.17) is 5.11 Å². The van der Waals surface area contributed by atoms with E-state index in [-0.39, 0.29) is 12.1 Å². The lowest BCUT2D eigenvalue weighted by atomic mass is 9.87. The minimum Gasteiger partial charge on any atom is -0.481 e. The van der Waals surface area contributed by atoms with Crippen molar-refractivity contribution in [1.82, 2.24) is 15.1 Å². The molecule has 0 spiro atoms. The standard InChI is InChI=1S/C17H26F3N3O3/c1-6-16(7-2,8-13(24)25)21-15(26)10(3)14-11(4)22-23(12(14)5)9-17(18,19)20/h10H,6-9H2,1-5H3,(H,21,26)(H,24,25). The molecular formula is C17H26F3N3O3. The molecule has 0 aliphatic carbocycles. The van der Waals surface area contributed by atoms with Crippen LogP contribution in [0, 0.1) is 13.8 Å². The van der Waals surface area contributed by atoms with Crippen molar-refractivity contribution >= 4 is 11.9 Å². The number of rotatable bonds is 8. The topological polar surface area (TPSA) is 84.2 Å². The Labute approximate surface area is 150 Å². The van der Waals surface area contributed by atoms with Crippen LogP contribution in [0.5, 0.6) is 0 Å². The molecule has 0 aromatic carbocycles. The van der Waals surface area contributed by atoms with E-state index in [1.807, 2.05) is 0 Å². The summed E-state index contributed by atoms with van der Waals surface area (Å²) in [6.45, 7) is 6.99. The van der Waals surface area contributed by atoms with Gasteiger partial charge in [-0.05, 0) is 33.6 Å². The van der Waals surface area contributed by atoms with E-state index in [1.165, 1.54) is 6.92 Å². The van der Waals surface area contributed by atoms with E-state index in [0.717, 1.165) is 4.68 Å². The molecule has 1 amide bonds. The largest absolute Gasteiger partial charge is 0.481 e. The van der Waals surface area contributed by atoms with Gasteiger partial charge in [0.2, 0.25) is 5.91 Å². The summed E-state index contributed by atoms with van der Waals surface area (Å²) < 4.78 is 38.8. The zero-order valence-corrected chi connectivity index (χ0v) is 15.7. The highest BCUT2D eigenvalue weighted by atomic mass is 19.4. The summed E-state index contributed by atoms with van der Waals surface area (Å²) in [4.78, 5) is 23.8. The lowest BCUT2D eigenvalue weighted by Crippen LogP contribution is -2.50. The lowest BCUT2D eigenvalue weighted by Gasteiger charge is -2.32. The molecule has 2 N–H and O–H groups in total. The highest BCUT2D eigenvalue weighted by Crippen LogP contribution is 2.28. The van der Waals surface area contributed by atoms with E-state index in [9.17, 15) is 22.8 Å². The van der Waals surface area contributed by atoms with Crippen molar-refractivity contribution in [2.75, 3.05) is 0 Å². The van der Waals surface area contributed by atoms with Gasteiger partial charge in [-0.2, -0.15) is 18.3 Å². The van der Waals surface area contributed by atoms with Gasteiger partial charge in [0.15, 0.2) is 0 Å². The van der Waals surface area contributed by atoms with Crippen molar-refractivity contribution in [3.05, 3.63) is 17.0 Å². The second-order valence-electron chi connectivity index (χ2n) is 6.63. The third-order valence-corrected chi connectivity index (χ3v) is 4.82. The number of hydrogen-bond donors (Lipinski definition) is 2. The smallest absolute Gasteiger partial charge is 0.408 e. The third kappa shape index (κ3) is 5.22. The van der Waals surface area contributed by atoms with Gasteiger partial charge in [0.05, 0.1) is 18.0 Å². The zero-order chi connectivity index (χ0) is 20.3. The molecule has 6 nitrogen and oxygen atoms in total. The lowest BCUT2D eigenvalue weighted by molar-refractivity contribution is -0.143. The van der Waals surface area contributed by atoms with Crippen LogP contribution in [0.3, 0.4) is 0 Å². The summed E-state index contributed by atoms with van der Waals surface area (Å²) in [6, 6.07) is 0. The zero-order valence-electron chi connectivity index (χ0n) is 15.7. The van der Waals surface area contributed by atoms with Crippen molar-refractivity contribution in [3.8, 4) is 0 Å². The number of hydrogen-bond acceptors (Lipinski definition) is 3. The molecule has 0 aliphatic heterocycles. The average Bonchev–Trinajstić information content (AvgIpc) is 2.77. The molecule has 1 aromatic heterocycles. The van der Waals surface area contributed by atoms with Gasteiger partial charge in [0.25, 0.3) is 0 Å². The molecule has 0 bridgehead atoms. The second-order valence-corrected chi connectivity index (χ2v) is 6.63. The Kier molecular flexibility index (Phi) is 6.84. The van der Waals surface area contributed by atoms with Crippen LogP contribution in [0.1, 0.15) is 62.9 Å². The highest BCUT2D eigenvalue weighted by Gasteiger charge is 2.35. The molecule has 1 rings (SSSR count). The van der Waals surface area contributed by atoms with Gasteiger partial charge >= 0.3 is 12.1 Å². The van der Waals surface area contributed by atoms with Crippen LogP contribution in [-0.2, 0) is 16.1 Å². The number of carbonyl (C=O) groups is 2. The maximum Gasteiger partial charge on any atom is 0.408 e. The first kappa shape index (κ1) is 22.0. The fourth-order valence-corrected chi connectivity index (χ4v) is 3.17. The Morgan fingerprint density at radius 1 is 1.23 bits per heavy atom. The number of nitrogens with zero attached hydrogens (tertiary/aromatic N) is 2. The molecule has 0 saturated heterocycles. The predicted octanol–water partition coefficient (Wildman–Crippen LogP) is 3.32. The number of aliphatic carboxylic acids is 1. The summed E-state index contributed by atoms with van der Waals surface area (Å²) in [6.07, 6.45) is -3.77. The molecule has 1 heterocycles. The van der Waals surface area contributed by atoms with Gasteiger partial charge in [0.1, 0.15) is 6.54 Å². The number of alkyl halides is 3. The van der Waals surface area contributed by atoms with Crippen LogP contribution >= 0.6 is 0 Å². The molecule has 1 aromatic rings. The Morgan fingerprint density at radius 2 is 1.77 bits per heavy atom. The number of aryl methyl sites for hydroxylation is 1. The first-order chi connectivity index (χ1) is 11.9. The summed E-state index contributed by atoms with van der Waals surface area (Å²) in [7, 11) is 0. The molecular weight excluding hydrogens is 351 g/mol. The van der Waals surface area contributed by atoms with E-state index in [0.29, 0.717) is 24.1 Å². The number of carbonyl (C=O) groups excluding carboxylic acids is 1. The van der Waals surface area contributed by atoms with Crippen LogP contribution in [0.4, 0.5) is 13.2 Å². The molecule has 26 heavy (non-hydrogen) atoms. The van der Waals surface area contributed by atoms with Crippen LogP contribution in [-0.4, -0.2) is 38.5 Å². The van der Waals surface area contributed by atoms with Gasteiger partial charge < -0.3 is 10.4 Å². The van der Waals surface area contributed by atoms with Gasteiger partial charge in [-0.1, -0.05) is 13.8 Å². The van der Waals surface area contributed by atoms with Gasteiger partial charge in [0, 0.05) is 16.8 Å². The molecule has 0 fully saturated rings. The van der Waals surface area contributed by atoms with Crippen LogP contribution in [0.25, 0.3) is 0 Å². The Morgan fingerprint density at radius 3 is 2.19 bits per heavy atom. The SMILES string of the molecule is CCC(CC)(CC(=O)O)NC(=O)C(C)c1c(C)nn(CC(F)(F)F)c1C. The quantitative estimate of drug-likeness (QED) is 0.728. The normalized spacial score (nSPS) is 13.5. The number of halogens is 3. The highest BCUT2D eigenvalue weighted by molar-refractivity contribution is 5.85. The Balaban J connectivity index is 3.10. The van der Waals surface area contributed by atoms with Crippen molar-refractivity contribution in [3.63, 3.8) is 0 Å². The fourth-order valence-electron chi connectivity index (χ4n) is 3.17. The molecule has 1 atom stereocenters. The monoisotopic (exact) mass is 377 g/mol. The van der Waals surface area contributed by atoms with Gasteiger partial charge in [-0.3, -0.25) is 14.3 Å². The number of aromatic nitrogens is 2. The first-order valence-corrected chi connectivity index (χ1v) is 8.50. The number of carboxylic acids is 1. The summed E-state index contributed by atoms with van der Waals surface area (Å²) >= 11 is 0. The maximum absolute atomic E-state index is 12.7. The van der Waals surface area contributed by atoms with E-state index in [1.54, 1.807) is 27.7 Å². The summed E-state index contributed by atoms with van der Waals surface area (Å²) in [5.74, 6) is -2.19. The average molecular weight is 377 g/mol. The van der Waals surface area contributed by atoms with Gasteiger partial charge in [-0.15, -0.1) is 0 Å². The summed E-state index contributed by atoms with van der Waals surface area (Å²) in [5, 5.41) is 15.8. The number of carboxylic acid groups (broad SMARTS) is 1. The van der Waals surface area contributed by atoms with Gasteiger partial charge in [-0.25, -0.2) is 0 Å². The Hall–Kier alpha value is -2.06. The Bertz CT molecular complexity index is 664. The van der Waals surface area contributed by atoms with Crippen LogP contribution < -0.4 is 5.32 Å².